The molecular formula is C16H15BrN4OS. The molecule has 118 valence electrons. The van der Waals surface area contributed by atoms with E-state index in [1.807, 2.05) is 24.3 Å². The van der Waals surface area contributed by atoms with Crippen molar-refractivity contribution in [3.8, 4) is 0 Å². The number of hydrazone groups is 1. The van der Waals surface area contributed by atoms with Crippen LogP contribution in [0.4, 0.5) is 0 Å². The molecule has 7 heteroatoms. The van der Waals surface area contributed by atoms with E-state index < -0.39 is 5.91 Å². The third-order valence-electron chi connectivity index (χ3n) is 3.26. The molecule has 0 fully saturated rings. The lowest BCUT2D eigenvalue weighted by atomic mass is 10.1. The maximum atomic E-state index is 12.3. The van der Waals surface area contributed by atoms with E-state index in [1.165, 1.54) is 16.8 Å². The average Bonchev–Trinajstić information content (AvgIpc) is 2.87. The molecule has 0 aliphatic carbocycles. The number of halogens is 1. The van der Waals surface area contributed by atoms with Gasteiger partial charge >= 0.3 is 0 Å². The summed E-state index contributed by atoms with van der Waals surface area (Å²) in [5.41, 5.74) is 1.10. The second-order valence-corrected chi connectivity index (χ2v) is 7.62. The van der Waals surface area contributed by atoms with Gasteiger partial charge in [0.15, 0.2) is 5.84 Å². The van der Waals surface area contributed by atoms with Gasteiger partial charge in [0.25, 0.3) is 5.91 Å². The van der Waals surface area contributed by atoms with E-state index in [4.69, 9.17) is 5.41 Å². The Morgan fingerprint density at radius 3 is 2.70 bits per heavy atom. The van der Waals surface area contributed by atoms with Crippen molar-refractivity contribution in [2.45, 2.75) is 20.3 Å². The molecule has 1 aromatic carbocycles. The Morgan fingerprint density at radius 2 is 2.04 bits per heavy atom. The van der Waals surface area contributed by atoms with Crippen LogP contribution in [0.2, 0.25) is 0 Å². The van der Waals surface area contributed by atoms with Crippen molar-refractivity contribution in [1.82, 2.24) is 5.01 Å². The average molecular weight is 391 g/mol. The minimum Gasteiger partial charge on any atom is -0.282 e. The lowest BCUT2D eigenvalue weighted by Crippen LogP contribution is -2.35. The Kier molecular flexibility index (Phi) is 4.50. The summed E-state index contributed by atoms with van der Waals surface area (Å²) in [6.45, 7) is 4.22. The van der Waals surface area contributed by atoms with Crippen LogP contribution in [0.3, 0.4) is 0 Å². The van der Waals surface area contributed by atoms with Gasteiger partial charge in [0.1, 0.15) is 5.04 Å². The maximum Gasteiger partial charge on any atom is 0.283 e. The second-order valence-electron chi connectivity index (χ2n) is 5.66. The van der Waals surface area contributed by atoms with E-state index in [0.29, 0.717) is 11.1 Å². The van der Waals surface area contributed by atoms with Crippen LogP contribution in [0.5, 0.6) is 0 Å². The number of nitrogens with zero attached hydrogens (tertiary/aromatic N) is 3. The Morgan fingerprint density at radius 1 is 1.35 bits per heavy atom. The summed E-state index contributed by atoms with van der Waals surface area (Å²) in [4.78, 5) is 16.3. The topological polar surface area (TPSA) is 68.9 Å². The fourth-order valence-electron chi connectivity index (χ4n) is 2.19. The first kappa shape index (κ1) is 16.1. The summed E-state index contributed by atoms with van der Waals surface area (Å²) in [7, 11) is 0. The van der Waals surface area contributed by atoms with Crippen LogP contribution in [0, 0.1) is 11.3 Å². The number of nitrogens with one attached hydrogen (secondary N) is 1. The van der Waals surface area contributed by atoms with E-state index in [-0.39, 0.29) is 11.4 Å². The van der Waals surface area contributed by atoms with Crippen molar-refractivity contribution >= 4 is 55.7 Å². The normalized spacial score (nSPS) is 19.3. The number of hydrogen-bond acceptors (Lipinski definition) is 4. The molecule has 0 spiro atoms. The number of fused-ring (bicyclic) bond motifs is 1. The van der Waals surface area contributed by atoms with Crippen molar-refractivity contribution < 1.29 is 4.79 Å². The van der Waals surface area contributed by atoms with Gasteiger partial charge in [0, 0.05) is 10.9 Å². The monoisotopic (exact) mass is 390 g/mol. The number of amidine groups is 2. The van der Waals surface area contributed by atoms with Gasteiger partial charge in [-0.2, -0.15) is 15.1 Å². The van der Waals surface area contributed by atoms with Crippen LogP contribution in [-0.4, -0.2) is 27.0 Å². The molecule has 0 atom stereocenters. The Labute approximate surface area is 147 Å². The molecule has 1 amide bonds. The molecule has 0 aromatic heterocycles. The van der Waals surface area contributed by atoms with Gasteiger partial charge in [0.2, 0.25) is 5.17 Å². The van der Waals surface area contributed by atoms with Crippen LogP contribution >= 0.6 is 27.7 Å². The molecule has 2 aliphatic heterocycles. The number of carbonyl (C=O) groups is 1. The van der Waals surface area contributed by atoms with E-state index in [2.05, 4.69) is 39.9 Å². The molecule has 1 aromatic rings. The van der Waals surface area contributed by atoms with Crippen LogP contribution in [0.25, 0.3) is 6.08 Å². The summed E-state index contributed by atoms with van der Waals surface area (Å²) in [5, 5.41) is 15.5. The number of thioether (sulfide) groups is 1. The molecule has 2 aliphatic rings. The molecule has 2 heterocycles. The summed E-state index contributed by atoms with van der Waals surface area (Å²) in [6, 6.07) is 7.54. The molecular weight excluding hydrogens is 376 g/mol. The fourth-order valence-corrected chi connectivity index (χ4v) is 3.55. The summed E-state index contributed by atoms with van der Waals surface area (Å²) in [6.07, 6.45) is 2.49. The molecule has 0 unspecified atom stereocenters. The summed E-state index contributed by atoms with van der Waals surface area (Å²) in [5.74, 6) is 0.151. The van der Waals surface area contributed by atoms with Gasteiger partial charge in [0.05, 0.1) is 5.57 Å². The third kappa shape index (κ3) is 3.45. The van der Waals surface area contributed by atoms with Crippen molar-refractivity contribution in [3.63, 3.8) is 0 Å². The Bertz CT molecular complexity index is 765. The quantitative estimate of drug-likeness (QED) is 0.789. The smallest absolute Gasteiger partial charge is 0.282 e. The molecule has 0 saturated carbocycles. The summed E-state index contributed by atoms with van der Waals surface area (Å²) >= 11 is 4.75. The molecule has 0 radical (unpaired) electrons. The van der Waals surface area contributed by atoms with Gasteiger partial charge in [-0.25, -0.2) is 0 Å². The largest absolute Gasteiger partial charge is 0.283 e. The van der Waals surface area contributed by atoms with E-state index in [0.717, 1.165) is 21.5 Å². The first-order chi connectivity index (χ1) is 10.9. The standard InChI is InChI=1S/C16H15BrN4OS/c1-9(2)7-13-20-21-14(18)12(15(22)19-16(21)23-13)8-10-3-5-11(17)6-4-10/h3-6,8-9,18H,7H2,1-2H3/b12-8-,18-14?. The van der Waals surface area contributed by atoms with Crippen LogP contribution in [-0.2, 0) is 4.79 Å². The first-order valence-electron chi connectivity index (χ1n) is 7.18. The van der Waals surface area contributed by atoms with Crippen LogP contribution < -0.4 is 0 Å². The molecule has 0 saturated heterocycles. The zero-order valence-corrected chi connectivity index (χ0v) is 15.1. The third-order valence-corrected chi connectivity index (χ3v) is 4.72. The van der Waals surface area contributed by atoms with E-state index in [9.17, 15) is 4.79 Å². The lowest BCUT2D eigenvalue weighted by Gasteiger charge is -2.20. The molecule has 5 nitrogen and oxygen atoms in total. The zero-order chi connectivity index (χ0) is 16.6. The molecule has 1 N–H and O–H groups in total. The first-order valence-corrected chi connectivity index (χ1v) is 8.79. The number of hydrogen-bond donors (Lipinski definition) is 1. The maximum absolute atomic E-state index is 12.3. The second kappa shape index (κ2) is 6.41. The molecule has 23 heavy (non-hydrogen) atoms. The minimum atomic E-state index is -0.391. The molecule has 3 rings (SSSR count). The number of benzene rings is 1. The van der Waals surface area contributed by atoms with Crippen LogP contribution in [0.1, 0.15) is 25.8 Å². The van der Waals surface area contributed by atoms with Crippen molar-refractivity contribution in [3.05, 3.63) is 39.9 Å². The van der Waals surface area contributed by atoms with Gasteiger partial charge in [-0.1, -0.05) is 41.9 Å². The van der Waals surface area contributed by atoms with E-state index in [1.54, 1.807) is 6.08 Å². The molecule has 0 bridgehead atoms. The van der Waals surface area contributed by atoms with E-state index >= 15 is 0 Å². The highest BCUT2D eigenvalue weighted by Crippen LogP contribution is 2.30. The predicted octanol–water partition coefficient (Wildman–Crippen LogP) is 4.11. The van der Waals surface area contributed by atoms with Crippen molar-refractivity contribution in [2.75, 3.05) is 0 Å². The number of carbonyl (C=O) groups excluding carboxylic acids is 1. The van der Waals surface area contributed by atoms with Gasteiger partial charge in [-0.3, -0.25) is 10.2 Å². The van der Waals surface area contributed by atoms with Crippen molar-refractivity contribution in [1.29, 1.82) is 5.41 Å². The zero-order valence-electron chi connectivity index (χ0n) is 12.7. The predicted molar refractivity (Wildman–Crippen MR) is 98.6 cm³/mol. The Hall–Kier alpha value is -1.73. The summed E-state index contributed by atoms with van der Waals surface area (Å²) < 4.78 is 0.962. The van der Waals surface area contributed by atoms with Crippen LogP contribution in [0.15, 0.2) is 44.4 Å². The highest BCUT2D eigenvalue weighted by molar-refractivity contribution is 9.10. The number of rotatable bonds is 3. The van der Waals surface area contributed by atoms with Gasteiger partial charge in [-0.15, -0.1) is 0 Å². The van der Waals surface area contributed by atoms with Crippen molar-refractivity contribution in [2.24, 2.45) is 16.0 Å². The van der Waals surface area contributed by atoms with Gasteiger partial charge in [-0.05, 0) is 41.5 Å². The SMILES string of the molecule is CC(C)CC1=NN2C(=N)/C(=C/c3ccc(Br)cc3)C(=O)N=C2S1. The highest BCUT2D eigenvalue weighted by Gasteiger charge is 2.35. The highest BCUT2D eigenvalue weighted by atomic mass is 79.9. The Balaban J connectivity index is 1.91. The number of aliphatic imine (C=N–C) groups is 1. The minimum absolute atomic E-state index is 0.0779. The lowest BCUT2D eigenvalue weighted by molar-refractivity contribution is -0.114. The fraction of sp³-hybridized carbons (Fsp3) is 0.250. The number of amides is 1. The van der Waals surface area contributed by atoms with Gasteiger partial charge < -0.3 is 0 Å².